The van der Waals surface area contributed by atoms with Crippen LogP contribution in [0.1, 0.15) is 37.8 Å². The van der Waals surface area contributed by atoms with Gasteiger partial charge in [0.1, 0.15) is 0 Å². The van der Waals surface area contributed by atoms with Crippen LogP contribution in [0.3, 0.4) is 0 Å². The molecule has 1 fully saturated rings. The molecular weight excluding hydrogens is 260 g/mol. The summed E-state index contributed by atoms with van der Waals surface area (Å²) in [5.41, 5.74) is 6.75. The maximum atomic E-state index is 12.3. The predicted molar refractivity (Wildman–Crippen MR) is 85.9 cm³/mol. The van der Waals surface area contributed by atoms with Crippen LogP contribution >= 0.6 is 0 Å². The second-order valence-electron chi connectivity index (χ2n) is 5.85. The molecule has 3 nitrogen and oxygen atoms in total. The van der Waals surface area contributed by atoms with Crippen molar-refractivity contribution in [2.45, 2.75) is 38.3 Å². The Balaban J connectivity index is 1.90. The Morgan fingerprint density at radius 3 is 2.62 bits per heavy atom. The van der Waals surface area contributed by atoms with Crippen LogP contribution in [0.25, 0.3) is 10.8 Å². The fourth-order valence-corrected chi connectivity index (χ4v) is 2.97. The Kier molecular flexibility index (Phi) is 3.93. The number of rotatable bonds is 5. The molecule has 0 aliphatic heterocycles. The van der Waals surface area contributed by atoms with E-state index in [2.05, 4.69) is 43.3 Å². The Morgan fingerprint density at radius 2 is 1.95 bits per heavy atom. The van der Waals surface area contributed by atoms with Crippen molar-refractivity contribution in [2.24, 2.45) is 5.73 Å². The van der Waals surface area contributed by atoms with E-state index < -0.39 is 0 Å². The van der Waals surface area contributed by atoms with Gasteiger partial charge >= 0.3 is 0 Å². The summed E-state index contributed by atoms with van der Waals surface area (Å²) in [6.45, 7) is 2.54. The van der Waals surface area contributed by atoms with E-state index in [-0.39, 0.29) is 11.9 Å². The van der Waals surface area contributed by atoms with Gasteiger partial charge in [-0.25, -0.2) is 0 Å². The number of carbonyl (C=O) groups excluding carboxylic acids is 1. The molecule has 3 heteroatoms. The molecule has 0 radical (unpaired) electrons. The number of carbonyl (C=O) groups is 1. The van der Waals surface area contributed by atoms with E-state index in [4.69, 9.17) is 5.73 Å². The quantitative estimate of drug-likeness (QED) is 0.915. The van der Waals surface area contributed by atoms with Gasteiger partial charge < -0.3 is 10.6 Å². The second kappa shape index (κ2) is 5.86. The minimum atomic E-state index is 0.112. The lowest BCUT2D eigenvalue weighted by molar-refractivity contribution is -0.133. The molecular formula is C18H22N2O. The van der Waals surface area contributed by atoms with Crippen LogP contribution in [0.15, 0.2) is 42.5 Å². The van der Waals surface area contributed by atoms with Crippen LogP contribution in [0.5, 0.6) is 0 Å². The summed E-state index contributed by atoms with van der Waals surface area (Å²) in [6, 6.07) is 15.3. The molecule has 0 saturated heterocycles. The highest BCUT2D eigenvalue weighted by Gasteiger charge is 2.35. The molecule has 0 aromatic heterocycles. The van der Waals surface area contributed by atoms with Crippen molar-refractivity contribution < 1.29 is 4.79 Å². The fraction of sp³-hybridized carbons (Fsp3) is 0.389. The number of hydrogen-bond donors (Lipinski definition) is 1. The van der Waals surface area contributed by atoms with E-state index in [1.807, 2.05) is 11.0 Å². The van der Waals surface area contributed by atoms with Gasteiger partial charge in [0, 0.05) is 19.0 Å². The van der Waals surface area contributed by atoms with Crippen LogP contribution < -0.4 is 5.73 Å². The predicted octanol–water partition coefficient (Wildman–Crippen LogP) is 3.24. The Hall–Kier alpha value is -1.87. The molecule has 0 heterocycles. The number of amides is 1. The third-order valence-corrected chi connectivity index (χ3v) is 4.26. The summed E-state index contributed by atoms with van der Waals surface area (Å²) in [6.07, 6.45) is 2.68. The summed E-state index contributed by atoms with van der Waals surface area (Å²) in [4.78, 5) is 14.4. The first kappa shape index (κ1) is 14.1. The van der Waals surface area contributed by atoms with E-state index in [9.17, 15) is 4.79 Å². The van der Waals surface area contributed by atoms with Crippen molar-refractivity contribution in [3.63, 3.8) is 0 Å². The molecule has 21 heavy (non-hydrogen) atoms. The molecule has 2 N–H and O–H groups in total. The first-order chi connectivity index (χ1) is 10.2. The number of hydrogen-bond acceptors (Lipinski definition) is 2. The molecule has 0 bridgehead atoms. The third-order valence-electron chi connectivity index (χ3n) is 4.26. The van der Waals surface area contributed by atoms with Gasteiger partial charge in [0.2, 0.25) is 5.91 Å². The van der Waals surface area contributed by atoms with Gasteiger partial charge in [0.25, 0.3) is 0 Å². The Morgan fingerprint density at radius 1 is 1.24 bits per heavy atom. The average Bonchev–Trinajstić information content (AvgIpc) is 3.32. The number of benzene rings is 2. The number of fused-ring (bicyclic) bond motifs is 1. The van der Waals surface area contributed by atoms with Gasteiger partial charge in [-0.2, -0.15) is 0 Å². The van der Waals surface area contributed by atoms with Crippen molar-refractivity contribution in [1.29, 1.82) is 0 Å². The van der Waals surface area contributed by atoms with Gasteiger partial charge in [-0.05, 0) is 42.2 Å². The average molecular weight is 282 g/mol. The van der Waals surface area contributed by atoms with Crippen molar-refractivity contribution in [3.05, 3.63) is 48.0 Å². The summed E-state index contributed by atoms with van der Waals surface area (Å²) in [5.74, 6) is 0.181. The Bertz CT molecular complexity index is 648. The normalized spacial score (nSPS) is 15.9. The molecule has 1 amide bonds. The first-order valence-electron chi connectivity index (χ1n) is 7.70. The molecule has 1 atom stereocenters. The minimum Gasteiger partial charge on any atom is -0.333 e. The molecule has 1 aliphatic rings. The molecule has 1 aliphatic carbocycles. The zero-order chi connectivity index (χ0) is 14.8. The van der Waals surface area contributed by atoms with E-state index >= 15 is 0 Å². The van der Waals surface area contributed by atoms with E-state index in [0.29, 0.717) is 19.0 Å². The number of nitrogens with zero attached hydrogens (tertiary/aromatic N) is 1. The first-order valence-corrected chi connectivity index (χ1v) is 7.70. The van der Waals surface area contributed by atoms with Crippen molar-refractivity contribution in [1.82, 2.24) is 4.90 Å². The zero-order valence-electron chi connectivity index (χ0n) is 12.5. The van der Waals surface area contributed by atoms with Crippen LogP contribution in [0, 0.1) is 0 Å². The zero-order valence-corrected chi connectivity index (χ0v) is 12.5. The summed E-state index contributed by atoms with van der Waals surface area (Å²) >= 11 is 0. The standard InChI is InChI=1S/C18H22N2O/c1-13(20(17-8-9-17)18(21)10-11-19)15-7-6-14-4-2-3-5-16(14)12-15/h2-7,12-13,17H,8-11,19H2,1H3/t13-/m0/s1. The SMILES string of the molecule is C[C@@H](c1ccc2ccccc2c1)N(C(=O)CCN)C1CC1. The highest BCUT2D eigenvalue weighted by Crippen LogP contribution is 2.35. The van der Waals surface area contributed by atoms with Crippen molar-refractivity contribution in [2.75, 3.05) is 6.54 Å². The Labute approximate surface area is 125 Å². The molecule has 3 rings (SSSR count). The molecule has 2 aromatic carbocycles. The fourth-order valence-electron chi connectivity index (χ4n) is 2.97. The molecule has 1 saturated carbocycles. The monoisotopic (exact) mass is 282 g/mol. The smallest absolute Gasteiger partial charge is 0.224 e. The van der Waals surface area contributed by atoms with E-state index in [1.165, 1.54) is 16.3 Å². The van der Waals surface area contributed by atoms with E-state index in [1.54, 1.807) is 0 Å². The molecule has 0 unspecified atom stereocenters. The molecule has 2 aromatic rings. The van der Waals surface area contributed by atoms with E-state index in [0.717, 1.165) is 12.8 Å². The second-order valence-corrected chi connectivity index (χ2v) is 5.85. The van der Waals surface area contributed by atoms with Gasteiger partial charge in [-0.15, -0.1) is 0 Å². The number of nitrogens with two attached hydrogens (primary N) is 1. The minimum absolute atomic E-state index is 0.112. The van der Waals surface area contributed by atoms with Crippen LogP contribution in [0.4, 0.5) is 0 Å². The lowest BCUT2D eigenvalue weighted by Crippen LogP contribution is -2.36. The maximum Gasteiger partial charge on any atom is 0.224 e. The van der Waals surface area contributed by atoms with Gasteiger partial charge in [-0.1, -0.05) is 36.4 Å². The summed E-state index contributed by atoms with van der Waals surface area (Å²) in [7, 11) is 0. The highest BCUT2D eigenvalue weighted by atomic mass is 16.2. The lowest BCUT2D eigenvalue weighted by atomic mass is 10.0. The van der Waals surface area contributed by atoms with Crippen LogP contribution in [0.2, 0.25) is 0 Å². The van der Waals surface area contributed by atoms with Gasteiger partial charge in [0.05, 0.1) is 6.04 Å². The van der Waals surface area contributed by atoms with Crippen molar-refractivity contribution >= 4 is 16.7 Å². The topological polar surface area (TPSA) is 46.3 Å². The molecule has 0 spiro atoms. The highest BCUT2D eigenvalue weighted by molar-refractivity contribution is 5.83. The lowest BCUT2D eigenvalue weighted by Gasteiger charge is -2.30. The van der Waals surface area contributed by atoms with Crippen LogP contribution in [-0.2, 0) is 4.79 Å². The van der Waals surface area contributed by atoms with Gasteiger partial charge in [0.15, 0.2) is 0 Å². The van der Waals surface area contributed by atoms with Gasteiger partial charge in [-0.3, -0.25) is 4.79 Å². The maximum absolute atomic E-state index is 12.3. The van der Waals surface area contributed by atoms with Crippen molar-refractivity contribution in [3.8, 4) is 0 Å². The van der Waals surface area contributed by atoms with Crippen LogP contribution in [-0.4, -0.2) is 23.4 Å². The summed E-state index contributed by atoms with van der Waals surface area (Å²) in [5, 5.41) is 2.46. The largest absolute Gasteiger partial charge is 0.333 e. The summed E-state index contributed by atoms with van der Waals surface area (Å²) < 4.78 is 0. The molecule has 110 valence electrons. The third kappa shape index (κ3) is 2.93.